The minimum absolute atomic E-state index is 0.192. The lowest BCUT2D eigenvalue weighted by Crippen LogP contribution is -2.14. The van der Waals surface area contributed by atoms with Crippen LogP contribution in [0.2, 0.25) is 15.2 Å². The molecule has 0 atom stereocenters. The second kappa shape index (κ2) is 5.52. The minimum Gasteiger partial charge on any atom is -0.305 e. The van der Waals surface area contributed by atoms with Crippen LogP contribution in [0.25, 0.3) is 0 Å². The molecule has 1 aromatic heterocycles. The van der Waals surface area contributed by atoms with Crippen molar-refractivity contribution in [2.75, 3.05) is 5.32 Å². The normalized spacial score (nSPS) is 10.2. The number of amides is 1. The lowest BCUT2D eigenvalue weighted by atomic mass is 10.2. The number of nitrogens with one attached hydrogen (secondary N) is 1. The average Bonchev–Trinajstić information content (AvgIpc) is 2.32. The van der Waals surface area contributed by atoms with Gasteiger partial charge in [0.2, 0.25) is 0 Å². The molecule has 4 nitrogen and oxygen atoms in total. The molecule has 1 amide bonds. The molecule has 2 rings (SSSR count). The standard InChI is InChI=1S/C11H6Cl3N3O/c12-6-2-1-3-7(13)10(6)11(18)15-9-5-4-8(14)16-17-9/h1-5H,(H,15,17,18). The van der Waals surface area contributed by atoms with E-state index in [0.717, 1.165) is 0 Å². The zero-order valence-corrected chi connectivity index (χ0v) is 11.1. The van der Waals surface area contributed by atoms with E-state index in [9.17, 15) is 4.79 Å². The van der Waals surface area contributed by atoms with Crippen LogP contribution in [0, 0.1) is 0 Å². The smallest absolute Gasteiger partial charge is 0.259 e. The SMILES string of the molecule is O=C(Nc1ccc(Cl)nn1)c1c(Cl)cccc1Cl. The second-order valence-electron chi connectivity index (χ2n) is 3.29. The van der Waals surface area contributed by atoms with Crippen LogP contribution in [0.1, 0.15) is 10.4 Å². The maximum Gasteiger partial charge on any atom is 0.259 e. The predicted octanol–water partition coefficient (Wildman–Crippen LogP) is 3.69. The van der Waals surface area contributed by atoms with Crippen LogP contribution in [-0.2, 0) is 0 Å². The summed E-state index contributed by atoms with van der Waals surface area (Å²) in [4.78, 5) is 12.0. The Labute approximate surface area is 118 Å². The van der Waals surface area contributed by atoms with Crippen molar-refractivity contribution < 1.29 is 4.79 Å². The summed E-state index contributed by atoms with van der Waals surface area (Å²) < 4.78 is 0. The highest BCUT2D eigenvalue weighted by Gasteiger charge is 2.15. The molecule has 1 heterocycles. The Morgan fingerprint density at radius 3 is 2.22 bits per heavy atom. The van der Waals surface area contributed by atoms with Crippen molar-refractivity contribution in [1.82, 2.24) is 10.2 Å². The number of aromatic nitrogens is 2. The number of nitrogens with zero attached hydrogens (tertiary/aromatic N) is 2. The molecule has 1 N–H and O–H groups in total. The van der Waals surface area contributed by atoms with Gasteiger partial charge in [0.25, 0.3) is 5.91 Å². The Morgan fingerprint density at radius 2 is 1.67 bits per heavy atom. The predicted molar refractivity (Wildman–Crippen MR) is 71.5 cm³/mol. The van der Waals surface area contributed by atoms with Gasteiger partial charge in [-0.25, -0.2) is 0 Å². The molecule has 0 saturated carbocycles. The Kier molecular flexibility index (Phi) is 4.01. The molecule has 1 aromatic carbocycles. The van der Waals surface area contributed by atoms with Crippen LogP contribution >= 0.6 is 34.8 Å². The van der Waals surface area contributed by atoms with Gasteiger partial charge < -0.3 is 5.32 Å². The fraction of sp³-hybridized carbons (Fsp3) is 0. The van der Waals surface area contributed by atoms with Crippen molar-refractivity contribution in [3.8, 4) is 0 Å². The van der Waals surface area contributed by atoms with Crippen LogP contribution in [0.4, 0.5) is 5.82 Å². The Hall–Kier alpha value is -1.36. The zero-order chi connectivity index (χ0) is 13.1. The molecule has 7 heteroatoms. The van der Waals surface area contributed by atoms with E-state index in [1.165, 1.54) is 12.1 Å². The number of carbonyl (C=O) groups excluding carboxylic acids is 1. The third-order valence-corrected chi connectivity index (χ3v) is 2.89. The minimum atomic E-state index is -0.456. The van der Waals surface area contributed by atoms with Gasteiger partial charge in [-0.05, 0) is 24.3 Å². The topological polar surface area (TPSA) is 54.9 Å². The van der Waals surface area contributed by atoms with E-state index in [1.807, 2.05) is 0 Å². The maximum atomic E-state index is 12.0. The Bertz CT molecular complexity index is 566. The van der Waals surface area contributed by atoms with Crippen molar-refractivity contribution >= 4 is 46.5 Å². The molecule has 0 aliphatic carbocycles. The Morgan fingerprint density at radius 1 is 1.00 bits per heavy atom. The van der Waals surface area contributed by atoms with E-state index in [4.69, 9.17) is 34.8 Å². The summed E-state index contributed by atoms with van der Waals surface area (Å²) in [6, 6.07) is 7.85. The van der Waals surface area contributed by atoms with E-state index in [1.54, 1.807) is 18.2 Å². The van der Waals surface area contributed by atoms with Crippen LogP contribution in [0.5, 0.6) is 0 Å². The van der Waals surface area contributed by atoms with E-state index < -0.39 is 5.91 Å². The number of carbonyl (C=O) groups is 1. The molecule has 18 heavy (non-hydrogen) atoms. The van der Waals surface area contributed by atoms with E-state index in [2.05, 4.69) is 15.5 Å². The molecule has 0 radical (unpaired) electrons. The number of hydrogen-bond acceptors (Lipinski definition) is 3. The first-order chi connectivity index (χ1) is 8.58. The van der Waals surface area contributed by atoms with E-state index in [0.29, 0.717) is 0 Å². The lowest BCUT2D eigenvalue weighted by Gasteiger charge is -2.07. The van der Waals surface area contributed by atoms with E-state index in [-0.39, 0.29) is 26.6 Å². The summed E-state index contributed by atoms with van der Waals surface area (Å²) in [5, 5.41) is 10.6. The monoisotopic (exact) mass is 301 g/mol. The summed E-state index contributed by atoms with van der Waals surface area (Å²) in [5.41, 5.74) is 0.192. The van der Waals surface area contributed by atoms with Crippen molar-refractivity contribution in [3.05, 3.63) is 51.1 Å². The number of halogens is 3. The van der Waals surface area contributed by atoms with Gasteiger partial charge in [0.15, 0.2) is 11.0 Å². The molecule has 0 spiro atoms. The highest BCUT2D eigenvalue weighted by molar-refractivity contribution is 6.40. The first-order valence-electron chi connectivity index (χ1n) is 4.82. The molecule has 2 aromatic rings. The summed E-state index contributed by atoms with van der Waals surface area (Å²) in [5.74, 6) is -0.192. The van der Waals surface area contributed by atoms with Crippen molar-refractivity contribution in [1.29, 1.82) is 0 Å². The zero-order valence-electron chi connectivity index (χ0n) is 8.82. The van der Waals surface area contributed by atoms with Gasteiger partial charge in [0.05, 0.1) is 15.6 Å². The van der Waals surface area contributed by atoms with Gasteiger partial charge in [0.1, 0.15) is 0 Å². The van der Waals surface area contributed by atoms with Gasteiger partial charge in [-0.3, -0.25) is 4.79 Å². The third-order valence-electron chi connectivity index (χ3n) is 2.06. The molecule has 0 bridgehead atoms. The van der Waals surface area contributed by atoms with Gasteiger partial charge >= 0.3 is 0 Å². The van der Waals surface area contributed by atoms with Crippen LogP contribution in [0.15, 0.2) is 30.3 Å². The van der Waals surface area contributed by atoms with Gasteiger partial charge in [-0.15, -0.1) is 10.2 Å². The molecular formula is C11H6Cl3N3O. The van der Waals surface area contributed by atoms with Gasteiger partial charge in [-0.2, -0.15) is 0 Å². The van der Waals surface area contributed by atoms with Crippen molar-refractivity contribution in [2.45, 2.75) is 0 Å². The molecule has 0 unspecified atom stereocenters. The third kappa shape index (κ3) is 2.90. The number of benzene rings is 1. The second-order valence-corrected chi connectivity index (χ2v) is 4.49. The highest BCUT2D eigenvalue weighted by atomic mass is 35.5. The number of anilines is 1. The average molecular weight is 303 g/mol. The van der Waals surface area contributed by atoms with Crippen molar-refractivity contribution in [2.24, 2.45) is 0 Å². The summed E-state index contributed by atoms with van der Waals surface area (Å²) in [7, 11) is 0. The molecule has 0 fully saturated rings. The van der Waals surface area contributed by atoms with Crippen molar-refractivity contribution in [3.63, 3.8) is 0 Å². The number of hydrogen-bond donors (Lipinski definition) is 1. The van der Waals surface area contributed by atoms with Gasteiger partial charge in [0, 0.05) is 0 Å². The maximum absolute atomic E-state index is 12.0. The number of rotatable bonds is 2. The molecular weight excluding hydrogens is 296 g/mol. The van der Waals surface area contributed by atoms with Crippen LogP contribution in [0.3, 0.4) is 0 Å². The van der Waals surface area contributed by atoms with E-state index >= 15 is 0 Å². The van der Waals surface area contributed by atoms with Crippen LogP contribution in [-0.4, -0.2) is 16.1 Å². The molecule has 0 saturated heterocycles. The molecule has 0 aliphatic heterocycles. The molecule has 92 valence electrons. The quantitative estimate of drug-likeness (QED) is 0.920. The summed E-state index contributed by atoms with van der Waals surface area (Å²) in [6.45, 7) is 0. The molecule has 0 aliphatic rings. The first kappa shape index (κ1) is 13.1. The largest absolute Gasteiger partial charge is 0.305 e. The summed E-state index contributed by atoms with van der Waals surface area (Å²) >= 11 is 17.4. The van der Waals surface area contributed by atoms with Gasteiger partial charge in [-0.1, -0.05) is 40.9 Å². The lowest BCUT2D eigenvalue weighted by molar-refractivity contribution is 0.102. The Balaban J connectivity index is 2.25. The summed E-state index contributed by atoms with van der Waals surface area (Å²) in [6.07, 6.45) is 0. The fourth-order valence-corrected chi connectivity index (χ4v) is 1.95. The first-order valence-corrected chi connectivity index (χ1v) is 5.96. The van der Waals surface area contributed by atoms with Crippen LogP contribution < -0.4 is 5.32 Å². The highest BCUT2D eigenvalue weighted by Crippen LogP contribution is 2.24. The fourth-order valence-electron chi connectivity index (χ4n) is 1.28.